The van der Waals surface area contributed by atoms with E-state index in [0.29, 0.717) is 18.4 Å². The highest BCUT2D eigenvalue weighted by atomic mass is 16.6. The summed E-state index contributed by atoms with van der Waals surface area (Å²) in [4.78, 5) is 27.5. The van der Waals surface area contributed by atoms with Gasteiger partial charge in [-0.25, -0.2) is 14.3 Å². The van der Waals surface area contributed by atoms with Gasteiger partial charge in [0, 0.05) is 24.7 Å². The average molecular weight is 318 g/mol. The summed E-state index contributed by atoms with van der Waals surface area (Å²) < 4.78 is 12.7. The normalized spacial score (nSPS) is 37.6. The van der Waals surface area contributed by atoms with Crippen LogP contribution in [0.3, 0.4) is 0 Å². The van der Waals surface area contributed by atoms with Crippen molar-refractivity contribution >= 4 is 12.1 Å². The molecule has 23 heavy (non-hydrogen) atoms. The molecule has 0 saturated heterocycles. The Labute approximate surface area is 135 Å². The van der Waals surface area contributed by atoms with Gasteiger partial charge in [0.1, 0.15) is 11.9 Å². The largest absolute Gasteiger partial charge is 0.459 e. The molecule has 2 unspecified atom stereocenters. The zero-order chi connectivity index (χ0) is 16.1. The monoisotopic (exact) mass is 318 g/mol. The Hall–Kier alpha value is -1.85. The molecule has 4 saturated carbocycles. The third-order valence-electron chi connectivity index (χ3n) is 5.71. The van der Waals surface area contributed by atoms with E-state index in [1.165, 1.54) is 24.2 Å². The number of imidazole rings is 1. The van der Waals surface area contributed by atoms with Crippen molar-refractivity contribution in [2.24, 2.45) is 17.3 Å². The second-order valence-corrected chi connectivity index (χ2v) is 7.76. The van der Waals surface area contributed by atoms with Gasteiger partial charge in [-0.1, -0.05) is 0 Å². The second kappa shape index (κ2) is 5.08. The zero-order valence-electron chi connectivity index (χ0n) is 13.4. The molecule has 0 spiro atoms. The molecule has 0 radical (unpaired) electrons. The molecule has 4 aliphatic carbocycles. The number of ether oxygens (including phenoxy) is 2. The van der Waals surface area contributed by atoms with Gasteiger partial charge in [0.2, 0.25) is 0 Å². The topological polar surface area (TPSA) is 70.4 Å². The van der Waals surface area contributed by atoms with E-state index >= 15 is 0 Å². The molecular weight excluding hydrogens is 296 g/mol. The fourth-order valence-electron chi connectivity index (χ4n) is 5.61. The number of hydrogen-bond donors (Lipinski definition) is 0. The van der Waals surface area contributed by atoms with E-state index in [-0.39, 0.29) is 23.1 Å². The van der Waals surface area contributed by atoms with Crippen LogP contribution in [-0.2, 0) is 14.3 Å². The number of esters is 1. The summed E-state index contributed by atoms with van der Waals surface area (Å²) in [6.45, 7) is 1.89. The highest BCUT2D eigenvalue weighted by Crippen LogP contribution is 2.62. The summed E-state index contributed by atoms with van der Waals surface area (Å²) in [5.74, 6) is 0.975. The predicted molar refractivity (Wildman–Crippen MR) is 80.6 cm³/mol. The molecule has 0 amide bonds. The van der Waals surface area contributed by atoms with Crippen LogP contribution in [0.1, 0.15) is 45.4 Å². The quantitative estimate of drug-likeness (QED) is 0.801. The maximum atomic E-state index is 12.1. The summed E-state index contributed by atoms with van der Waals surface area (Å²) >= 11 is 0. The number of carbonyl (C=O) groups is 2. The van der Waals surface area contributed by atoms with Crippen LogP contribution in [-0.4, -0.2) is 33.8 Å². The van der Waals surface area contributed by atoms with Gasteiger partial charge in [-0.2, -0.15) is 0 Å². The predicted octanol–water partition coefficient (Wildman–Crippen LogP) is 2.77. The Morgan fingerprint density at radius 1 is 1.26 bits per heavy atom. The summed E-state index contributed by atoms with van der Waals surface area (Å²) in [5.41, 5.74) is -0.354. The summed E-state index contributed by atoms with van der Waals surface area (Å²) in [6, 6.07) is 0. The minimum Gasteiger partial charge on any atom is -0.459 e. The highest BCUT2D eigenvalue weighted by molar-refractivity contribution is 5.70. The molecule has 1 heterocycles. The Bertz CT molecular complexity index is 611. The van der Waals surface area contributed by atoms with Gasteiger partial charge in [-0.15, -0.1) is 0 Å². The number of aromatic nitrogens is 2. The van der Waals surface area contributed by atoms with E-state index in [2.05, 4.69) is 4.98 Å². The molecule has 4 aliphatic rings. The third-order valence-corrected chi connectivity index (χ3v) is 5.71. The van der Waals surface area contributed by atoms with E-state index in [4.69, 9.17) is 9.47 Å². The van der Waals surface area contributed by atoms with E-state index in [9.17, 15) is 9.59 Å². The minimum atomic E-state index is -0.389. The molecule has 1 aromatic rings. The van der Waals surface area contributed by atoms with E-state index < -0.39 is 0 Å². The van der Waals surface area contributed by atoms with Gasteiger partial charge in [0.25, 0.3) is 0 Å². The third kappa shape index (κ3) is 2.64. The number of rotatable bonds is 3. The lowest BCUT2D eigenvalue weighted by Crippen LogP contribution is -2.58. The lowest BCUT2D eigenvalue weighted by atomic mass is 9.48. The minimum absolute atomic E-state index is 0.0320. The molecule has 5 rings (SSSR count). The van der Waals surface area contributed by atoms with E-state index in [0.717, 1.165) is 32.1 Å². The Kier molecular flexibility index (Phi) is 3.25. The van der Waals surface area contributed by atoms with Crippen LogP contribution in [0.2, 0.25) is 0 Å². The number of carbonyl (C=O) groups excluding carboxylic acids is 2. The lowest BCUT2D eigenvalue weighted by molar-refractivity contribution is -0.205. The van der Waals surface area contributed by atoms with Crippen LogP contribution >= 0.6 is 0 Å². The van der Waals surface area contributed by atoms with Crippen molar-refractivity contribution in [1.82, 2.24) is 9.55 Å². The second-order valence-electron chi connectivity index (χ2n) is 7.76. The van der Waals surface area contributed by atoms with Crippen molar-refractivity contribution < 1.29 is 19.1 Å². The number of hydrogen-bond acceptors (Lipinski definition) is 5. The maximum absolute atomic E-state index is 12.1. The molecular formula is C17H22N2O4. The van der Waals surface area contributed by atoms with Gasteiger partial charge in [0.15, 0.2) is 0 Å². The fourth-order valence-corrected chi connectivity index (χ4v) is 5.61. The van der Waals surface area contributed by atoms with Crippen molar-refractivity contribution in [3.63, 3.8) is 0 Å². The van der Waals surface area contributed by atoms with Crippen molar-refractivity contribution in [1.29, 1.82) is 0 Å². The molecule has 0 N–H and O–H groups in total. The zero-order valence-corrected chi connectivity index (χ0v) is 13.4. The highest BCUT2D eigenvalue weighted by Gasteiger charge is 2.59. The molecule has 0 aromatic carbocycles. The van der Waals surface area contributed by atoms with Crippen LogP contribution in [0.15, 0.2) is 18.7 Å². The first-order valence-corrected chi connectivity index (χ1v) is 8.32. The van der Waals surface area contributed by atoms with Crippen LogP contribution in [0.4, 0.5) is 4.79 Å². The van der Waals surface area contributed by atoms with Gasteiger partial charge in [0.05, 0.1) is 6.61 Å². The molecule has 6 heteroatoms. The Morgan fingerprint density at radius 2 is 2.00 bits per heavy atom. The van der Waals surface area contributed by atoms with Crippen molar-refractivity contribution in [2.75, 3.05) is 6.61 Å². The Balaban J connectivity index is 1.49. The first kappa shape index (κ1) is 14.7. The lowest BCUT2D eigenvalue weighted by Gasteiger charge is -2.60. The molecule has 6 nitrogen and oxygen atoms in total. The molecule has 124 valence electrons. The molecule has 4 fully saturated rings. The van der Waals surface area contributed by atoms with Gasteiger partial charge >= 0.3 is 12.1 Å². The van der Waals surface area contributed by atoms with Gasteiger partial charge < -0.3 is 9.47 Å². The van der Waals surface area contributed by atoms with Crippen molar-refractivity contribution in [2.45, 2.75) is 51.0 Å². The molecule has 4 bridgehead atoms. The first-order valence-electron chi connectivity index (χ1n) is 8.32. The molecule has 0 aliphatic heterocycles. The number of nitrogens with zero attached hydrogens (tertiary/aromatic N) is 2. The standard InChI is InChI=1S/C17H22N2O4/c1-12(20)23-17-7-13-4-14(8-17)6-16(5-13,9-17)10-22-15(21)19-3-2-18-11-19/h2-3,11,13-14H,4-10H2,1H3. The SMILES string of the molecule is CC(=O)OC12CC3CC(CC(COC(=O)n4ccnc4)(C3)C1)C2. The van der Waals surface area contributed by atoms with Crippen LogP contribution in [0.25, 0.3) is 0 Å². The van der Waals surface area contributed by atoms with E-state index in [1.54, 1.807) is 12.4 Å². The van der Waals surface area contributed by atoms with Crippen molar-refractivity contribution in [3.8, 4) is 0 Å². The van der Waals surface area contributed by atoms with Crippen LogP contribution in [0, 0.1) is 17.3 Å². The summed E-state index contributed by atoms with van der Waals surface area (Å²) in [7, 11) is 0. The smallest absolute Gasteiger partial charge is 0.419 e. The summed E-state index contributed by atoms with van der Waals surface area (Å²) in [5, 5.41) is 0. The fraction of sp³-hybridized carbons (Fsp3) is 0.706. The molecule has 2 atom stereocenters. The summed E-state index contributed by atoms with van der Waals surface area (Å²) in [6.07, 6.45) is 10.3. The molecule has 1 aromatic heterocycles. The van der Waals surface area contributed by atoms with E-state index in [1.807, 2.05) is 0 Å². The average Bonchev–Trinajstić information content (AvgIpc) is 2.96. The maximum Gasteiger partial charge on any atom is 0.419 e. The van der Waals surface area contributed by atoms with Gasteiger partial charge in [-0.05, 0) is 50.4 Å². The first-order chi connectivity index (χ1) is 11.0. The van der Waals surface area contributed by atoms with Crippen LogP contribution < -0.4 is 0 Å². The van der Waals surface area contributed by atoms with Crippen LogP contribution in [0.5, 0.6) is 0 Å². The van der Waals surface area contributed by atoms with Crippen molar-refractivity contribution in [3.05, 3.63) is 18.7 Å². The Morgan fingerprint density at radius 3 is 2.61 bits per heavy atom. The van der Waals surface area contributed by atoms with Gasteiger partial charge in [-0.3, -0.25) is 4.79 Å².